The molecule has 16 heavy (non-hydrogen) atoms. The SMILES string of the molecule is CCOC(=O)NCC(Cl)c1ccc(Br)cc1. The fourth-order valence-electron chi connectivity index (χ4n) is 1.14. The van der Waals surface area contributed by atoms with Gasteiger partial charge in [-0.2, -0.15) is 0 Å². The zero-order chi connectivity index (χ0) is 12.0. The summed E-state index contributed by atoms with van der Waals surface area (Å²) in [6.45, 7) is 2.46. The third-order valence-electron chi connectivity index (χ3n) is 1.93. The number of rotatable bonds is 4. The van der Waals surface area contributed by atoms with Crippen molar-refractivity contribution in [3.63, 3.8) is 0 Å². The van der Waals surface area contributed by atoms with Gasteiger partial charge in [-0.25, -0.2) is 4.79 Å². The van der Waals surface area contributed by atoms with Gasteiger partial charge in [0.25, 0.3) is 0 Å². The minimum Gasteiger partial charge on any atom is -0.450 e. The highest BCUT2D eigenvalue weighted by Gasteiger charge is 2.09. The number of amides is 1. The lowest BCUT2D eigenvalue weighted by atomic mass is 10.1. The summed E-state index contributed by atoms with van der Waals surface area (Å²) in [5.74, 6) is 0. The highest BCUT2D eigenvalue weighted by atomic mass is 79.9. The van der Waals surface area contributed by atoms with Crippen LogP contribution in [-0.2, 0) is 4.74 Å². The highest BCUT2D eigenvalue weighted by Crippen LogP contribution is 2.21. The normalized spacial score (nSPS) is 11.9. The number of carbonyl (C=O) groups excluding carboxylic acids is 1. The summed E-state index contributed by atoms with van der Waals surface area (Å²) in [5.41, 5.74) is 0.960. The van der Waals surface area contributed by atoms with Crippen LogP contribution in [-0.4, -0.2) is 19.2 Å². The number of hydrogen-bond acceptors (Lipinski definition) is 2. The predicted molar refractivity (Wildman–Crippen MR) is 67.8 cm³/mol. The van der Waals surface area contributed by atoms with Crippen molar-refractivity contribution < 1.29 is 9.53 Å². The van der Waals surface area contributed by atoms with Crippen LogP contribution >= 0.6 is 27.5 Å². The molecule has 0 radical (unpaired) electrons. The predicted octanol–water partition coefficient (Wildman–Crippen LogP) is 3.48. The van der Waals surface area contributed by atoms with E-state index in [1.807, 2.05) is 24.3 Å². The van der Waals surface area contributed by atoms with Gasteiger partial charge in [-0.1, -0.05) is 28.1 Å². The van der Waals surface area contributed by atoms with E-state index in [0.717, 1.165) is 10.0 Å². The molecule has 0 aliphatic heterocycles. The zero-order valence-electron chi connectivity index (χ0n) is 8.87. The maximum absolute atomic E-state index is 11.0. The Bertz CT molecular complexity index is 342. The van der Waals surface area contributed by atoms with E-state index in [1.54, 1.807) is 6.92 Å². The van der Waals surface area contributed by atoms with E-state index in [2.05, 4.69) is 21.2 Å². The third kappa shape index (κ3) is 4.41. The van der Waals surface area contributed by atoms with Gasteiger partial charge in [0.2, 0.25) is 0 Å². The summed E-state index contributed by atoms with van der Waals surface area (Å²) in [7, 11) is 0. The fraction of sp³-hybridized carbons (Fsp3) is 0.364. The quantitative estimate of drug-likeness (QED) is 0.865. The van der Waals surface area contributed by atoms with E-state index in [1.165, 1.54) is 0 Å². The van der Waals surface area contributed by atoms with Gasteiger partial charge in [-0.15, -0.1) is 11.6 Å². The van der Waals surface area contributed by atoms with Crippen LogP contribution in [0.25, 0.3) is 0 Å². The molecule has 1 unspecified atom stereocenters. The maximum Gasteiger partial charge on any atom is 0.407 e. The Labute approximate surface area is 108 Å². The molecule has 0 saturated carbocycles. The number of alkyl halides is 1. The Morgan fingerprint density at radius 3 is 2.69 bits per heavy atom. The van der Waals surface area contributed by atoms with Gasteiger partial charge in [0.05, 0.1) is 12.0 Å². The topological polar surface area (TPSA) is 38.3 Å². The molecular formula is C11H13BrClNO2. The molecule has 0 saturated heterocycles. The first kappa shape index (κ1) is 13.3. The largest absolute Gasteiger partial charge is 0.450 e. The lowest BCUT2D eigenvalue weighted by molar-refractivity contribution is 0.152. The standard InChI is InChI=1S/C11H13BrClNO2/c1-2-16-11(15)14-7-10(13)8-3-5-9(12)6-4-8/h3-6,10H,2,7H2,1H3,(H,14,15). The second-order valence-electron chi connectivity index (χ2n) is 3.12. The van der Waals surface area contributed by atoms with Crippen LogP contribution < -0.4 is 5.32 Å². The van der Waals surface area contributed by atoms with Gasteiger partial charge in [0.1, 0.15) is 0 Å². The average molecular weight is 307 g/mol. The second-order valence-corrected chi connectivity index (χ2v) is 4.56. The molecule has 0 heterocycles. The van der Waals surface area contributed by atoms with Crippen molar-refractivity contribution in [2.45, 2.75) is 12.3 Å². The molecule has 0 aliphatic rings. The molecule has 0 aromatic heterocycles. The molecule has 88 valence electrons. The molecule has 1 rings (SSSR count). The molecule has 1 aromatic carbocycles. The van der Waals surface area contributed by atoms with Gasteiger partial charge in [0.15, 0.2) is 0 Å². The van der Waals surface area contributed by atoms with Crippen LogP contribution in [0, 0.1) is 0 Å². The number of benzene rings is 1. The highest BCUT2D eigenvalue weighted by molar-refractivity contribution is 9.10. The summed E-state index contributed by atoms with van der Waals surface area (Å²) in [6, 6.07) is 7.65. The molecular weight excluding hydrogens is 293 g/mol. The van der Waals surface area contributed by atoms with Crippen molar-refractivity contribution in [3.05, 3.63) is 34.3 Å². The van der Waals surface area contributed by atoms with E-state index in [4.69, 9.17) is 16.3 Å². The lowest BCUT2D eigenvalue weighted by Crippen LogP contribution is -2.27. The number of alkyl carbamates (subject to hydrolysis) is 1. The van der Waals surface area contributed by atoms with Crippen molar-refractivity contribution in [1.82, 2.24) is 5.32 Å². The first-order valence-corrected chi connectivity index (χ1v) is 6.16. The second kappa shape index (κ2) is 6.76. The number of ether oxygens (including phenoxy) is 1. The third-order valence-corrected chi connectivity index (χ3v) is 2.87. The summed E-state index contributed by atoms with van der Waals surface area (Å²) in [4.78, 5) is 11.0. The Kier molecular flexibility index (Phi) is 5.63. The van der Waals surface area contributed by atoms with Gasteiger partial charge >= 0.3 is 6.09 Å². The van der Waals surface area contributed by atoms with E-state index in [9.17, 15) is 4.79 Å². The molecule has 0 fully saturated rings. The first-order chi connectivity index (χ1) is 7.63. The Morgan fingerprint density at radius 2 is 2.12 bits per heavy atom. The monoisotopic (exact) mass is 305 g/mol. The van der Waals surface area contributed by atoms with Crippen molar-refractivity contribution in [1.29, 1.82) is 0 Å². The molecule has 1 amide bonds. The number of carbonyl (C=O) groups is 1. The van der Waals surface area contributed by atoms with E-state index < -0.39 is 6.09 Å². The number of halogens is 2. The maximum atomic E-state index is 11.0. The van der Waals surface area contributed by atoms with Crippen LogP contribution in [0.15, 0.2) is 28.7 Å². The van der Waals surface area contributed by atoms with Gasteiger partial charge < -0.3 is 10.1 Å². The average Bonchev–Trinajstić information content (AvgIpc) is 2.27. The van der Waals surface area contributed by atoms with Crippen molar-refractivity contribution in [2.24, 2.45) is 0 Å². The summed E-state index contributed by atoms with van der Waals surface area (Å²) < 4.78 is 5.73. The van der Waals surface area contributed by atoms with Gasteiger partial charge in [0, 0.05) is 11.0 Å². The minimum atomic E-state index is -0.440. The lowest BCUT2D eigenvalue weighted by Gasteiger charge is -2.11. The summed E-state index contributed by atoms with van der Waals surface area (Å²) in [6.07, 6.45) is -0.440. The molecule has 3 nitrogen and oxygen atoms in total. The van der Waals surface area contributed by atoms with E-state index in [0.29, 0.717) is 13.2 Å². The number of hydrogen-bond donors (Lipinski definition) is 1. The van der Waals surface area contributed by atoms with E-state index in [-0.39, 0.29) is 5.38 Å². The van der Waals surface area contributed by atoms with Crippen LogP contribution in [0.5, 0.6) is 0 Å². The Morgan fingerprint density at radius 1 is 1.50 bits per heavy atom. The number of nitrogens with one attached hydrogen (secondary N) is 1. The van der Waals surface area contributed by atoms with Crippen LogP contribution in [0.1, 0.15) is 17.9 Å². The van der Waals surface area contributed by atoms with Crippen LogP contribution in [0.3, 0.4) is 0 Å². The Hall–Kier alpha value is -0.740. The van der Waals surface area contributed by atoms with Crippen LogP contribution in [0.2, 0.25) is 0 Å². The molecule has 0 spiro atoms. The summed E-state index contributed by atoms with van der Waals surface area (Å²) >= 11 is 9.46. The summed E-state index contributed by atoms with van der Waals surface area (Å²) in [5, 5.41) is 2.34. The molecule has 0 aliphatic carbocycles. The molecule has 1 atom stereocenters. The van der Waals surface area contributed by atoms with Crippen molar-refractivity contribution >= 4 is 33.6 Å². The molecule has 0 bridgehead atoms. The van der Waals surface area contributed by atoms with E-state index >= 15 is 0 Å². The molecule has 1 N–H and O–H groups in total. The van der Waals surface area contributed by atoms with Crippen LogP contribution in [0.4, 0.5) is 4.79 Å². The van der Waals surface area contributed by atoms with Gasteiger partial charge in [-0.05, 0) is 24.6 Å². The minimum absolute atomic E-state index is 0.252. The zero-order valence-corrected chi connectivity index (χ0v) is 11.2. The molecule has 1 aromatic rings. The molecule has 5 heteroatoms. The van der Waals surface area contributed by atoms with Crippen molar-refractivity contribution in [3.8, 4) is 0 Å². The van der Waals surface area contributed by atoms with Crippen molar-refractivity contribution in [2.75, 3.05) is 13.2 Å². The first-order valence-electron chi connectivity index (χ1n) is 4.93. The van der Waals surface area contributed by atoms with Gasteiger partial charge in [-0.3, -0.25) is 0 Å². The fourth-order valence-corrected chi connectivity index (χ4v) is 1.63. The Balaban J connectivity index is 2.43. The smallest absolute Gasteiger partial charge is 0.407 e.